The predicted octanol–water partition coefficient (Wildman–Crippen LogP) is 4.98. The molecule has 4 rings (SSSR count). The first-order valence-corrected chi connectivity index (χ1v) is 10.1. The lowest BCUT2D eigenvalue weighted by Gasteiger charge is -2.30. The van der Waals surface area contributed by atoms with Gasteiger partial charge in [0.15, 0.2) is 0 Å². The quantitative estimate of drug-likeness (QED) is 0.644. The van der Waals surface area contributed by atoms with Crippen LogP contribution >= 0.6 is 11.6 Å². The van der Waals surface area contributed by atoms with Crippen molar-refractivity contribution < 1.29 is 14.0 Å². The number of halogens is 2. The number of nitrogens with zero attached hydrogens (tertiary/aromatic N) is 1. The molecule has 0 saturated heterocycles. The van der Waals surface area contributed by atoms with Crippen LogP contribution in [0, 0.1) is 5.82 Å². The first-order valence-electron chi connectivity index (χ1n) is 9.69. The number of aryl methyl sites for hydroxylation is 1. The maximum absolute atomic E-state index is 13.5. The molecule has 1 heterocycles. The average molecular weight is 423 g/mol. The van der Waals surface area contributed by atoms with Crippen molar-refractivity contribution >= 4 is 29.1 Å². The van der Waals surface area contributed by atoms with E-state index in [1.807, 2.05) is 30.3 Å². The Morgan fingerprint density at radius 1 is 1.07 bits per heavy atom. The molecule has 0 spiro atoms. The van der Waals surface area contributed by atoms with Crippen LogP contribution in [-0.2, 0) is 16.0 Å². The van der Waals surface area contributed by atoms with Gasteiger partial charge < -0.3 is 10.2 Å². The second-order valence-corrected chi connectivity index (χ2v) is 7.68. The number of carbonyl (C=O) groups is 2. The summed E-state index contributed by atoms with van der Waals surface area (Å²) in [5.41, 5.74) is 3.07. The van der Waals surface area contributed by atoms with E-state index in [4.69, 9.17) is 11.6 Å². The Bertz CT molecular complexity index is 1070. The van der Waals surface area contributed by atoms with E-state index < -0.39 is 6.04 Å². The van der Waals surface area contributed by atoms with Gasteiger partial charge in [0.1, 0.15) is 12.4 Å². The third kappa shape index (κ3) is 4.36. The molecule has 6 heteroatoms. The van der Waals surface area contributed by atoms with Crippen molar-refractivity contribution in [2.45, 2.75) is 18.9 Å². The fraction of sp³-hybridized carbons (Fsp3) is 0.167. The van der Waals surface area contributed by atoms with E-state index in [-0.39, 0.29) is 30.6 Å². The van der Waals surface area contributed by atoms with Crippen molar-refractivity contribution in [1.82, 2.24) is 4.90 Å². The monoisotopic (exact) mass is 422 g/mol. The smallest absolute Gasteiger partial charge is 0.244 e. The summed E-state index contributed by atoms with van der Waals surface area (Å²) in [6.07, 6.45) is 0.833. The molecule has 30 heavy (non-hydrogen) atoms. The van der Waals surface area contributed by atoms with E-state index in [1.165, 1.54) is 12.1 Å². The normalized spacial score (nSPS) is 15.9. The molecule has 0 aliphatic carbocycles. The van der Waals surface area contributed by atoms with Crippen LogP contribution in [0.5, 0.6) is 0 Å². The van der Waals surface area contributed by atoms with Crippen LogP contribution in [0.4, 0.5) is 10.1 Å². The van der Waals surface area contributed by atoms with Crippen LogP contribution in [0.25, 0.3) is 0 Å². The molecule has 4 nitrogen and oxygen atoms in total. The molecule has 0 fully saturated rings. The topological polar surface area (TPSA) is 49.4 Å². The van der Waals surface area contributed by atoms with Crippen LogP contribution in [0.1, 0.15) is 29.2 Å². The fourth-order valence-electron chi connectivity index (χ4n) is 3.76. The van der Waals surface area contributed by atoms with Crippen LogP contribution in [0.15, 0.2) is 72.8 Å². The minimum absolute atomic E-state index is 0.0953. The highest BCUT2D eigenvalue weighted by molar-refractivity contribution is 6.31. The zero-order chi connectivity index (χ0) is 21.1. The summed E-state index contributed by atoms with van der Waals surface area (Å²) in [5.74, 6) is -0.804. The zero-order valence-corrected chi connectivity index (χ0v) is 16.9. The van der Waals surface area contributed by atoms with Gasteiger partial charge in [-0.15, -0.1) is 0 Å². The molecule has 0 radical (unpaired) electrons. The number of benzene rings is 3. The van der Waals surface area contributed by atoms with Gasteiger partial charge in [0.05, 0.1) is 6.04 Å². The van der Waals surface area contributed by atoms with Crippen molar-refractivity contribution in [3.05, 3.63) is 100 Å². The summed E-state index contributed by atoms with van der Waals surface area (Å²) >= 11 is 6.13. The lowest BCUT2D eigenvalue weighted by molar-refractivity contribution is -0.136. The number of hydrogen-bond donors (Lipinski definition) is 1. The second kappa shape index (κ2) is 8.67. The van der Waals surface area contributed by atoms with Gasteiger partial charge in [-0.05, 0) is 41.8 Å². The number of rotatable bonds is 4. The zero-order valence-electron chi connectivity index (χ0n) is 16.1. The molecule has 2 amide bonds. The second-order valence-electron chi connectivity index (χ2n) is 7.24. The highest BCUT2D eigenvalue weighted by atomic mass is 35.5. The molecule has 3 aromatic rings. The van der Waals surface area contributed by atoms with Gasteiger partial charge in [-0.3, -0.25) is 9.59 Å². The van der Waals surface area contributed by atoms with E-state index >= 15 is 0 Å². The van der Waals surface area contributed by atoms with Crippen molar-refractivity contribution in [3.8, 4) is 0 Å². The van der Waals surface area contributed by atoms with E-state index in [1.54, 1.807) is 35.2 Å². The molecule has 0 bridgehead atoms. The molecule has 1 atom stereocenters. The van der Waals surface area contributed by atoms with Gasteiger partial charge in [-0.25, -0.2) is 4.39 Å². The van der Waals surface area contributed by atoms with E-state index in [0.29, 0.717) is 17.1 Å². The molecule has 0 aromatic heterocycles. The SMILES string of the molecule is O=C1CN(C(=O)CCc2ccccc2)C(c2ccc(F)cc2)c2ccc(Cl)cc2N1. The van der Waals surface area contributed by atoms with Gasteiger partial charge in [-0.1, -0.05) is 60.1 Å². The van der Waals surface area contributed by atoms with Crippen LogP contribution in [0.2, 0.25) is 5.02 Å². The number of hydrogen-bond acceptors (Lipinski definition) is 2. The number of nitrogens with one attached hydrogen (secondary N) is 1. The van der Waals surface area contributed by atoms with Gasteiger partial charge in [-0.2, -0.15) is 0 Å². The molecule has 1 aliphatic heterocycles. The summed E-state index contributed by atoms with van der Waals surface area (Å²) in [5, 5.41) is 3.32. The van der Waals surface area contributed by atoms with E-state index in [0.717, 1.165) is 16.7 Å². The Kier molecular flexibility index (Phi) is 5.81. The maximum atomic E-state index is 13.5. The Labute approximate surface area is 179 Å². The van der Waals surface area contributed by atoms with Crippen molar-refractivity contribution in [1.29, 1.82) is 0 Å². The van der Waals surface area contributed by atoms with E-state index in [9.17, 15) is 14.0 Å². The molecule has 3 aromatic carbocycles. The van der Waals surface area contributed by atoms with Crippen molar-refractivity contribution in [2.75, 3.05) is 11.9 Å². The number of amides is 2. The summed E-state index contributed by atoms with van der Waals surface area (Å²) in [7, 11) is 0. The molecule has 1 aliphatic rings. The van der Waals surface area contributed by atoms with Crippen LogP contribution in [-0.4, -0.2) is 23.3 Å². The highest BCUT2D eigenvalue weighted by Gasteiger charge is 2.33. The number of carbonyl (C=O) groups excluding carboxylic acids is 2. The van der Waals surface area contributed by atoms with Gasteiger partial charge >= 0.3 is 0 Å². The van der Waals surface area contributed by atoms with Crippen LogP contribution in [0.3, 0.4) is 0 Å². The Hall–Kier alpha value is -3.18. The Balaban J connectivity index is 1.72. The van der Waals surface area contributed by atoms with Crippen molar-refractivity contribution in [2.24, 2.45) is 0 Å². The fourth-order valence-corrected chi connectivity index (χ4v) is 3.93. The Morgan fingerprint density at radius 3 is 2.53 bits per heavy atom. The summed E-state index contributed by atoms with van der Waals surface area (Å²) < 4.78 is 13.5. The Morgan fingerprint density at radius 2 is 1.80 bits per heavy atom. The lowest BCUT2D eigenvalue weighted by atomic mass is 9.95. The minimum atomic E-state index is -0.528. The highest BCUT2D eigenvalue weighted by Crippen LogP contribution is 2.37. The molecular weight excluding hydrogens is 403 g/mol. The molecule has 1 N–H and O–H groups in total. The lowest BCUT2D eigenvalue weighted by Crippen LogP contribution is -2.39. The third-order valence-corrected chi connectivity index (χ3v) is 5.42. The number of fused-ring (bicyclic) bond motifs is 1. The minimum Gasteiger partial charge on any atom is -0.324 e. The summed E-state index contributed by atoms with van der Waals surface area (Å²) in [4.78, 5) is 27.4. The molecule has 0 saturated carbocycles. The summed E-state index contributed by atoms with van der Waals surface area (Å²) in [6.45, 7) is -0.0953. The standard InChI is InChI=1S/C24H20ClFN2O2/c25-18-9-12-20-21(14-18)27-22(29)15-28(24(20)17-7-10-19(26)11-8-17)23(30)13-6-16-4-2-1-3-5-16/h1-5,7-12,14,24H,6,13,15H2,(H,27,29). The summed E-state index contributed by atoms with van der Waals surface area (Å²) in [6, 6.07) is 20.4. The van der Waals surface area contributed by atoms with Crippen molar-refractivity contribution in [3.63, 3.8) is 0 Å². The predicted molar refractivity (Wildman–Crippen MR) is 115 cm³/mol. The first kappa shape index (κ1) is 20.1. The third-order valence-electron chi connectivity index (χ3n) is 5.19. The average Bonchev–Trinajstić information content (AvgIpc) is 2.89. The van der Waals surface area contributed by atoms with Crippen LogP contribution < -0.4 is 5.32 Å². The maximum Gasteiger partial charge on any atom is 0.244 e. The van der Waals surface area contributed by atoms with Gasteiger partial charge in [0, 0.05) is 22.7 Å². The first-order chi connectivity index (χ1) is 14.5. The number of anilines is 1. The van der Waals surface area contributed by atoms with Gasteiger partial charge in [0.25, 0.3) is 0 Å². The largest absolute Gasteiger partial charge is 0.324 e. The molecular formula is C24H20ClFN2O2. The molecule has 1 unspecified atom stereocenters. The van der Waals surface area contributed by atoms with Gasteiger partial charge in [0.2, 0.25) is 11.8 Å². The molecule has 152 valence electrons. The van der Waals surface area contributed by atoms with E-state index in [2.05, 4.69) is 5.32 Å².